The Kier molecular flexibility index (Phi) is 3.75. The molecule has 1 aromatic carbocycles. The molecule has 1 atom stereocenters. The molecule has 17 heavy (non-hydrogen) atoms. The summed E-state index contributed by atoms with van der Waals surface area (Å²) >= 11 is 6.21. The van der Waals surface area contributed by atoms with Gasteiger partial charge < -0.3 is 9.64 Å². The molecule has 0 saturated carbocycles. The molecule has 0 N–H and O–H groups in total. The van der Waals surface area contributed by atoms with Gasteiger partial charge in [0.05, 0.1) is 17.3 Å². The number of halogens is 1. The fourth-order valence-electron chi connectivity index (χ4n) is 1.83. The Morgan fingerprint density at radius 1 is 1.35 bits per heavy atom. The van der Waals surface area contributed by atoms with Crippen LogP contribution in [0.2, 0.25) is 5.02 Å². The van der Waals surface area contributed by atoms with Crippen molar-refractivity contribution < 1.29 is 4.74 Å². The number of rotatable bonds is 3. The zero-order chi connectivity index (χ0) is 12.3. The van der Waals surface area contributed by atoms with Crippen LogP contribution in [-0.2, 0) is 4.74 Å². The van der Waals surface area contributed by atoms with E-state index in [2.05, 4.69) is 17.9 Å². The first-order chi connectivity index (χ1) is 8.22. The predicted octanol–water partition coefficient (Wildman–Crippen LogP) is 3.98. The van der Waals surface area contributed by atoms with Crippen LogP contribution in [0.1, 0.15) is 13.8 Å². The average molecular weight is 250 g/mol. The van der Waals surface area contributed by atoms with E-state index in [0.29, 0.717) is 6.61 Å². The molecule has 0 aliphatic carbocycles. The van der Waals surface area contributed by atoms with Gasteiger partial charge >= 0.3 is 0 Å². The van der Waals surface area contributed by atoms with Crippen molar-refractivity contribution in [1.29, 1.82) is 0 Å². The summed E-state index contributed by atoms with van der Waals surface area (Å²) in [6.45, 7) is 4.77. The van der Waals surface area contributed by atoms with Crippen LogP contribution in [0.3, 0.4) is 0 Å². The lowest BCUT2D eigenvalue weighted by molar-refractivity contribution is 0.240. The zero-order valence-corrected chi connectivity index (χ0v) is 10.8. The molecule has 0 saturated heterocycles. The number of anilines is 1. The third-order valence-electron chi connectivity index (χ3n) is 2.69. The monoisotopic (exact) mass is 249 g/mol. The molecule has 3 heteroatoms. The van der Waals surface area contributed by atoms with E-state index in [9.17, 15) is 0 Å². The second-order valence-electron chi connectivity index (χ2n) is 3.92. The number of ether oxygens (including phenoxy) is 1. The number of hydrogen-bond donors (Lipinski definition) is 0. The fraction of sp³-hybridized carbons (Fsp3) is 0.286. The van der Waals surface area contributed by atoms with Crippen LogP contribution >= 0.6 is 11.6 Å². The lowest BCUT2D eigenvalue weighted by Gasteiger charge is -2.30. The number of nitrogens with zero attached hydrogens (tertiary/aromatic N) is 1. The molecule has 0 aromatic heterocycles. The minimum absolute atomic E-state index is 0.277. The molecule has 1 unspecified atom stereocenters. The second kappa shape index (κ2) is 5.28. The number of benzene rings is 1. The van der Waals surface area contributed by atoms with Gasteiger partial charge in [-0.3, -0.25) is 0 Å². The van der Waals surface area contributed by atoms with Gasteiger partial charge in [0.2, 0.25) is 0 Å². The first-order valence-corrected chi connectivity index (χ1v) is 6.16. The van der Waals surface area contributed by atoms with E-state index in [4.69, 9.17) is 16.3 Å². The van der Waals surface area contributed by atoms with E-state index >= 15 is 0 Å². The molecular formula is C14H16ClNO. The van der Waals surface area contributed by atoms with Crippen molar-refractivity contribution in [2.24, 2.45) is 0 Å². The Balaban J connectivity index is 2.31. The minimum atomic E-state index is 0.277. The summed E-state index contributed by atoms with van der Waals surface area (Å²) < 4.78 is 5.51. The Bertz CT molecular complexity index is 453. The highest BCUT2D eigenvalue weighted by Crippen LogP contribution is 2.29. The zero-order valence-electron chi connectivity index (χ0n) is 10.1. The summed E-state index contributed by atoms with van der Waals surface area (Å²) in [6, 6.07) is 8.11. The smallest absolute Gasteiger partial charge is 0.135 e. The van der Waals surface area contributed by atoms with Gasteiger partial charge in [-0.1, -0.05) is 29.8 Å². The highest BCUT2D eigenvalue weighted by molar-refractivity contribution is 6.33. The largest absolute Gasteiger partial charge is 0.492 e. The Morgan fingerprint density at radius 3 is 2.82 bits per heavy atom. The minimum Gasteiger partial charge on any atom is -0.492 e. The van der Waals surface area contributed by atoms with Crippen LogP contribution in [-0.4, -0.2) is 12.6 Å². The summed E-state index contributed by atoms with van der Waals surface area (Å²) in [5.74, 6) is 0.866. The molecule has 1 aliphatic heterocycles. The van der Waals surface area contributed by atoms with Crippen LogP contribution in [0.4, 0.5) is 5.69 Å². The maximum atomic E-state index is 6.21. The summed E-state index contributed by atoms with van der Waals surface area (Å²) in [6.07, 6.45) is 6.10. The van der Waals surface area contributed by atoms with E-state index in [1.807, 2.05) is 43.5 Å². The summed E-state index contributed by atoms with van der Waals surface area (Å²) in [5.41, 5.74) is 1.00. The van der Waals surface area contributed by atoms with Gasteiger partial charge in [0.15, 0.2) is 0 Å². The number of allylic oxidation sites excluding steroid dienone is 1. The van der Waals surface area contributed by atoms with Gasteiger partial charge in [0, 0.05) is 12.2 Å². The van der Waals surface area contributed by atoms with E-state index < -0.39 is 0 Å². The van der Waals surface area contributed by atoms with Gasteiger partial charge in [0.25, 0.3) is 0 Å². The summed E-state index contributed by atoms with van der Waals surface area (Å²) in [5, 5.41) is 0.752. The average Bonchev–Trinajstić information content (AvgIpc) is 2.33. The first-order valence-electron chi connectivity index (χ1n) is 5.78. The van der Waals surface area contributed by atoms with Crippen LogP contribution in [0.5, 0.6) is 0 Å². The maximum absolute atomic E-state index is 6.21. The topological polar surface area (TPSA) is 12.5 Å². The van der Waals surface area contributed by atoms with Crippen LogP contribution in [0, 0.1) is 0 Å². The molecule has 2 rings (SSSR count). The van der Waals surface area contributed by atoms with Gasteiger partial charge in [0.1, 0.15) is 5.76 Å². The van der Waals surface area contributed by atoms with Gasteiger partial charge in [-0.25, -0.2) is 0 Å². The Morgan fingerprint density at radius 2 is 2.12 bits per heavy atom. The van der Waals surface area contributed by atoms with Gasteiger partial charge in [-0.05, 0) is 32.1 Å². The van der Waals surface area contributed by atoms with Crippen LogP contribution in [0.25, 0.3) is 0 Å². The molecule has 0 radical (unpaired) electrons. The normalized spacial score (nSPS) is 19.1. The number of para-hydroxylation sites is 1. The molecule has 1 aromatic rings. The SMILES string of the molecule is CCOC1=CN(c2ccccc2Cl)C(C)C=C1. The molecule has 0 amide bonds. The molecule has 0 bridgehead atoms. The lowest BCUT2D eigenvalue weighted by atomic mass is 10.1. The molecule has 2 nitrogen and oxygen atoms in total. The van der Waals surface area contributed by atoms with E-state index in [1.54, 1.807) is 0 Å². The summed E-state index contributed by atoms with van der Waals surface area (Å²) in [7, 11) is 0. The Hall–Kier alpha value is -1.41. The lowest BCUT2D eigenvalue weighted by Crippen LogP contribution is -2.29. The van der Waals surface area contributed by atoms with Crippen molar-refractivity contribution in [1.82, 2.24) is 0 Å². The summed E-state index contributed by atoms with van der Waals surface area (Å²) in [4.78, 5) is 2.12. The molecule has 0 fully saturated rings. The van der Waals surface area contributed by atoms with Crippen molar-refractivity contribution in [3.8, 4) is 0 Å². The van der Waals surface area contributed by atoms with Gasteiger partial charge in [-0.2, -0.15) is 0 Å². The third kappa shape index (κ3) is 2.64. The highest BCUT2D eigenvalue weighted by atomic mass is 35.5. The van der Waals surface area contributed by atoms with E-state index in [-0.39, 0.29) is 6.04 Å². The third-order valence-corrected chi connectivity index (χ3v) is 3.01. The van der Waals surface area contributed by atoms with E-state index in [0.717, 1.165) is 16.5 Å². The fourth-order valence-corrected chi connectivity index (χ4v) is 2.06. The van der Waals surface area contributed by atoms with Crippen LogP contribution in [0.15, 0.2) is 48.4 Å². The quantitative estimate of drug-likeness (QED) is 0.803. The second-order valence-corrected chi connectivity index (χ2v) is 4.33. The van der Waals surface area contributed by atoms with Crippen molar-refractivity contribution in [2.45, 2.75) is 19.9 Å². The van der Waals surface area contributed by atoms with Crippen molar-refractivity contribution in [2.75, 3.05) is 11.5 Å². The van der Waals surface area contributed by atoms with Gasteiger partial charge in [-0.15, -0.1) is 0 Å². The van der Waals surface area contributed by atoms with Crippen molar-refractivity contribution in [3.05, 3.63) is 53.4 Å². The first kappa shape index (κ1) is 12.1. The molecule has 1 heterocycles. The highest BCUT2D eigenvalue weighted by Gasteiger charge is 2.17. The predicted molar refractivity (Wildman–Crippen MR) is 72.2 cm³/mol. The Labute approximate surface area is 107 Å². The standard InChI is InChI=1S/C14H16ClNO/c1-3-17-12-9-8-11(2)16(10-12)14-7-5-4-6-13(14)15/h4-11H,3H2,1-2H3. The maximum Gasteiger partial charge on any atom is 0.135 e. The molecule has 90 valence electrons. The molecular weight excluding hydrogens is 234 g/mol. The molecule has 0 spiro atoms. The molecule has 1 aliphatic rings. The number of hydrogen-bond acceptors (Lipinski definition) is 2. The van der Waals surface area contributed by atoms with Crippen molar-refractivity contribution in [3.63, 3.8) is 0 Å². The van der Waals surface area contributed by atoms with Crippen molar-refractivity contribution >= 4 is 17.3 Å². The van der Waals surface area contributed by atoms with Crippen LogP contribution < -0.4 is 4.90 Å². The van der Waals surface area contributed by atoms with E-state index in [1.165, 1.54) is 0 Å².